The zero-order chi connectivity index (χ0) is 21.9. The van der Waals surface area contributed by atoms with Crippen molar-refractivity contribution in [2.75, 3.05) is 0 Å². The summed E-state index contributed by atoms with van der Waals surface area (Å²) in [5, 5.41) is 13.5. The summed E-state index contributed by atoms with van der Waals surface area (Å²) < 4.78 is 20.6. The molecule has 0 aliphatic rings. The van der Waals surface area contributed by atoms with Gasteiger partial charge in [0.2, 0.25) is 11.7 Å². The Hall–Kier alpha value is -3.85. The molecular formula is C23H17FN6OS. The summed E-state index contributed by atoms with van der Waals surface area (Å²) >= 11 is 1.44. The molecule has 0 amide bonds. The van der Waals surface area contributed by atoms with Gasteiger partial charge in [0.15, 0.2) is 11.0 Å². The van der Waals surface area contributed by atoms with Gasteiger partial charge in [-0.1, -0.05) is 35.1 Å². The Bertz CT molecular complexity index is 1350. The molecule has 0 saturated carbocycles. The highest BCUT2D eigenvalue weighted by molar-refractivity contribution is 7.98. The summed E-state index contributed by atoms with van der Waals surface area (Å²) in [6.45, 7) is 2.05. The van der Waals surface area contributed by atoms with Crippen LogP contribution >= 0.6 is 11.8 Å². The van der Waals surface area contributed by atoms with E-state index in [9.17, 15) is 4.39 Å². The van der Waals surface area contributed by atoms with E-state index in [1.807, 2.05) is 47.9 Å². The second-order valence-corrected chi connectivity index (χ2v) is 7.92. The topological polar surface area (TPSA) is 82.5 Å². The molecule has 0 saturated heterocycles. The average Bonchev–Trinajstić information content (AvgIpc) is 3.46. The van der Waals surface area contributed by atoms with Crippen LogP contribution in [0.3, 0.4) is 0 Å². The quantitative estimate of drug-likeness (QED) is 0.336. The Morgan fingerprint density at radius 1 is 0.969 bits per heavy atom. The number of thioether (sulfide) groups is 1. The van der Waals surface area contributed by atoms with Crippen molar-refractivity contribution in [3.8, 4) is 28.5 Å². The van der Waals surface area contributed by atoms with E-state index in [4.69, 9.17) is 4.52 Å². The van der Waals surface area contributed by atoms with Crippen LogP contribution in [0, 0.1) is 12.7 Å². The molecule has 3 heterocycles. The fraction of sp³-hybridized carbons (Fsp3) is 0.0870. The van der Waals surface area contributed by atoms with Gasteiger partial charge in [-0.2, -0.15) is 4.98 Å². The van der Waals surface area contributed by atoms with Gasteiger partial charge in [-0.15, -0.1) is 10.2 Å². The lowest BCUT2D eigenvalue weighted by Gasteiger charge is -2.12. The molecule has 5 rings (SSSR count). The van der Waals surface area contributed by atoms with Crippen molar-refractivity contribution in [1.82, 2.24) is 29.9 Å². The molecule has 0 atom stereocenters. The van der Waals surface area contributed by atoms with Crippen molar-refractivity contribution in [2.45, 2.75) is 17.8 Å². The van der Waals surface area contributed by atoms with Crippen molar-refractivity contribution in [2.24, 2.45) is 0 Å². The molecule has 3 aromatic heterocycles. The van der Waals surface area contributed by atoms with E-state index >= 15 is 0 Å². The zero-order valence-corrected chi connectivity index (χ0v) is 17.8. The molecule has 158 valence electrons. The van der Waals surface area contributed by atoms with E-state index < -0.39 is 0 Å². The Balaban J connectivity index is 1.45. The number of pyridine rings is 1. The zero-order valence-electron chi connectivity index (χ0n) is 17.0. The number of hydrogen-bond acceptors (Lipinski definition) is 7. The van der Waals surface area contributed by atoms with Gasteiger partial charge in [-0.3, -0.25) is 9.55 Å². The minimum Gasteiger partial charge on any atom is -0.338 e. The molecule has 0 spiro atoms. The number of aromatic nitrogens is 6. The van der Waals surface area contributed by atoms with Gasteiger partial charge in [0.25, 0.3) is 0 Å². The summed E-state index contributed by atoms with van der Waals surface area (Å²) in [6, 6.07) is 17.8. The lowest BCUT2D eigenvalue weighted by atomic mass is 10.2. The first-order chi connectivity index (χ1) is 15.7. The number of nitrogens with zero attached hydrogens (tertiary/aromatic N) is 6. The highest BCUT2D eigenvalue weighted by Gasteiger charge is 2.19. The van der Waals surface area contributed by atoms with E-state index in [-0.39, 0.29) is 5.82 Å². The van der Waals surface area contributed by atoms with Crippen LogP contribution in [0.5, 0.6) is 0 Å². The third kappa shape index (κ3) is 4.02. The maximum atomic E-state index is 13.2. The van der Waals surface area contributed by atoms with Crippen molar-refractivity contribution < 1.29 is 8.91 Å². The molecule has 0 fully saturated rings. The molecule has 5 aromatic rings. The summed E-state index contributed by atoms with van der Waals surface area (Å²) in [6.07, 6.45) is 3.49. The summed E-state index contributed by atoms with van der Waals surface area (Å²) in [5.74, 6) is 1.65. The van der Waals surface area contributed by atoms with Gasteiger partial charge in [-0.25, -0.2) is 4.39 Å². The smallest absolute Gasteiger partial charge is 0.237 e. The molecule has 0 aliphatic heterocycles. The maximum Gasteiger partial charge on any atom is 0.237 e. The minimum atomic E-state index is -0.312. The molecule has 0 radical (unpaired) electrons. The summed E-state index contributed by atoms with van der Waals surface area (Å²) in [4.78, 5) is 8.64. The van der Waals surface area contributed by atoms with E-state index in [0.29, 0.717) is 34.0 Å². The molecule has 0 aliphatic carbocycles. The Morgan fingerprint density at radius 2 is 1.81 bits per heavy atom. The van der Waals surface area contributed by atoms with Gasteiger partial charge in [0, 0.05) is 23.5 Å². The number of hydrogen-bond donors (Lipinski definition) is 0. The number of para-hydroxylation sites is 1. The fourth-order valence-electron chi connectivity index (χ4n) is 3.23. The van der Waals surface area contributed by atoms with Crippen LogP contribution in [0.2, 0.25) is 0 Å². The van der Waals surface area contributed by atoms with Gasteiger partial charge in [0.1, 0.15) is 5.82 Å². The van der Waals surface area contributed by atoms with Crippen LogP contribution in [0.15, 0.2) is 82.7 Å². The third-order valence-corrected chi connectivity index (χ3v) is 5.72. The molecule has 0 N–H and O–H groups in total. The van der Waals surface area contributed by atoms with Crippen LogP contribution in [-0.2, 0) is 5.75 Å². The van der Waals surface area contributed by atoms with Gasteiger partial charge >= 0.3 is 0 Å². The van der Waals surface area contributed by atoms with E-state index in [1.165, 1.54) is 23.9 Å². The van der Waals surface area contributed by atoms with Crippen LogP contribution in [0.4, 0.5) is 4.39 Å². The predicted molar refractivity (Wildman–Crippen MR) is 119 cm³/mol. The fourth-order valence-corrected chi connectivity index (χ4v) is 4.02. The maximum absolute atomic E-state index is 13.2. The Kier molecular flexibility index (Phi) is 5.47. The first-order valence-electron chi connectivity index (χ1n) is 9.82. The second kappa shape index (κ2) is 8.72. The standard InChI is InChI=1S/C23H17FN6OS/c1-15-5-2-3-7-19(15)30-22(17-6-4-12-25-13-17)27-28-23(30)32-14-20-26-21(29-31-20)16-8-10-18(24)11-9-16/h2-13H,14H2,1H3. The van der Waals surface area contributed by atoms with E-state index in [2.05, 4.69) is 25.3 Å². The molecule has 2 aromatic carbocycles. The molecule has 0 unspecified atom stereocenters. The lowest BCUT2D eigenvalue weighted by molar-refractivity contribution is 0.391. The Morgan fingerprint density at radius 3 is 2.59 bits per heavy atom. The van der Waals surface area contributed by atoms with Crippen LogP contribution in [0.1, 0.15) is 11.5 Å². The molecule has 32 heavy (non-hydrogen) atoms. The Labute approximate surface area is 187 Å². The lowest BCUT2D eigenvalue weighted by Crippen LogP contribution is -2.02. The van der Waals surface area contributed by atoms with Crippen LogP contribution in [0.25, 0.3) is 28.5 Å². The van der Waals surface area contributed by atoms with Gasteiger partial charge in [-0.05, 0) is 55.0 Å². The average molecular weight is 444 g/mol. The van der Waals surface area contributed by atoms with Crippen molar-refractivity contribution in [3.63, 3.8) is 0 Å². The first kappa shape index (κ1) is 20.1. The first-order valence-corrected chi connectivity index (χ1v) is 10.8. The highest BCUT2D eigenvalue weighted by Crippen LogP contribution is 2.30. The second-order valence-electron chi connectivity index (χ2n) is 6.98. The number of benzene rings is 2. The number of rotatable bonds is 6. The van der Waals surface area contributed by atoms with Gasteiger partial charge < -0.3 is 4.52 Å². The van der Waals surface area contributed by atoms with Crippen molar-refractivity contribution in [3.05, 3.63) is 90.3 Å². The minimum absolute atomic E-state index is 0.312. The summed E-state index contributed by atoms with van der Waals surface area (Å²) in [7, 11) is 0. The van der Waals surface area contributed by atoms with Crippen molar-refractivity contribution >= 4 is 11.8 Å². The summed E-state index contributed by atoms with van der Waals surface area (Å²) in [5.41, 5.74) is 3.63. The molecule has 7 nitrogen and oxygen atoms in total. The largest absolute Gasteiger partial charge is 0.338 e. The molecule has 0 bridgehead atoms. The predicted octanol–water partition coefficient (Wildman–Crippen LogP) is 5.12. The number of aryl methyl sites for hydroxylation is 1. The SMILES string of the molecule is Cc1ccccc1-n1c(SCc2nc(-c3ccc(F)cc3)no2)nnc1-c1cccnc1. The van der Waals surface area contributed by atoms with Gasteiger partial charge in [0.05, 0.1) is 11.4 Å². The monoisotopic (exact) mass is 444 g/mol. The van der Waals surface area contributed by atoms with E-state index in [0.717, 1.165) is 16.8 Å². The van der Waals surface area contributed by atoms with Crippen LogP contribution < -0.4 is 0 Å². The molecular weight excluding hydrogens is 427 g/mol. The van der Waals surface area contributed by atoms with Crippen molar-refractivity contribution in [1.29, 1.82) is 0 Å². The normalized spacial score (nSPS) is 11.1. The van der Waals surface area contributed by atoms with E-state index in [1.54, 1.807) is 24.5 Å². The highest BCUT2D eigenvalue weighted by atomic mass is 32.2. The third-order valence-electron chi connectivity index (χ3n) is 4.80. The van der Waals surface area contributed by atoms with Crippen LogP contribution in [-0.4, -0.2) is 29.9 Å². The molecule has 9 heteroatoms. The number of halogens is 1.